The molecule has 4 rings (SSSR count). The number of benzene rings is 2. The SMILES string of the molecule is Cc1ccc(Nc2nc(N/N=C/c3cccc(O)c3)nc(N3CCOCC3)n2)cc1. The Hall–Kier alpha value is -3.72. The largest absolute Gasteiger partial charge is 0.508 e. The molecule has 154 valence electrons. The number of aryl methyl sites for hydroxylation is 1. The molecule has 9 nitrogen and oxygen atoms in total. The Balaban J connectivity index is 1.56. The number of aromatic nitrogens is 3. The van der Waals surface area contributed by atoms with Crippen LogP contribution in [0.15, 0.2) is 53.6 Å². The van der Waals surface area contributed by atoms with E-state index in [-0.39, 0.29) is 5.75 Å². The zero-order chi connectivity index (χ0) is 20.8. The number of rotatable bonds is 6. The highest BCUT2D eigenvalue weighted by Gasteiger charge is 2.16. The van der Waals surface area contributed by atoms with E-state index < -0.39 is 0 Å². The first-order valence-corrected chi connectivity index (χ1v) is 9.66. The molecule has 1 aliphatic rings. The third-order valence-corrected chi connectivity index (χ3v) is 4.47. The lowest BCUT2D eigenvalue weighted by atomic mass is 10.2. The molecule has 0 atom stereocenters. The van der Waals surface area contributed by atoms with Crippen LogP contribution in [0.1, 0.15) is 11.1 Å². The number of hydrogen-bond donors (Lipinski definition) is 3. The van der Waals surface area contributed by atoms with Crippen molar-refractivity contribution in [1.82, 2.24) is 15.0 Å². The molecule has 0 spiro atoms. The van der Waals surface area contributed by atoms with Crippen molar-refractivity contribution in [2.75, 3.05) is 41.9 Å². The van der Waals surface area contributed by atoms with Gasteiger partial charge < -0.3 is 20.1 Å². The minimum absolute atomic E-state index is 0.179. The maximum Gasteiger partial charge on any atom is 0.250 e. The van der Waals surface area contributed by atoms with Crippen LogP contribution in [0, 0.1) is 6.92 Å². The fourth-order valence-corrected chi connectivity index (χ4v) is 2.91. The van der Waals surface area contributed by atoms with Gasteiger partial charge in [0.1, 0.15) is 5.75 Å². The smallest absolute Gasteiger partial charge is 0.250 e. The molecular weight excluding hydrogens is 382 g/mol. The quantitative estimate of drug-likeness (QED) is 0.424. The van der Waals surface area contributed by atoms with E-state index in [0.29, 0.717) is 44.1 Å². The van der Waals surface area contributed by atoms with Gasteiger partial charge in [0.25, 0.3) is 0 Å². The highest BCUT2D eigenvalue weighted by atomic mass is 16.5. The summed E-state index contributed by atoms with van der Waals surface area (Å²) in [5, 5.41) is 17.0. The van der Waals surface area contributed by atoms with E-state index in [2.05, 4.69) is 35.7 Å². The Bertz CT molecular complexity index is 1020. The molecule has 0 unspecified atom stereocenters. The molecule has 2 aromatic carbocycles. The van der Waals surface area contributed by atoms with Crippen molar-refractivity contribution in [2.45, 2.75) is 6.92 Å². The molecule has 2 heterocycles. The normalized spacial score (nSPS) is 14.1. The summed E-state index contributed by atoms with van der Waals surface area (Å²) in [6.45, 7) is 4.71. The van der Waals surface area contributed by atoms with Crippen molar-refractivity contribution in [1.29, 1.82) is 0 Å². The standard InChI is InChI=1S/C21H23N7O2/c1-15-5-7-17(8-6-15)23-19-24-20(26-21(25-19)28-9-11-30-12-10-28)27-22-14-16-3-2-4-18(29)13-16/h2-8,13-14,29H,9-12H2,1H3,(H2,23,24,25,26,27)/b22-14+. The fraction of sp³-hybridized carbons (Fsp3) is 0.238. The zero-order valence-electron chi connectivity index (χ0n) is 16.6. The van der Waals surface area contributed by atoms with Crippen molar-refractivity contribution in [3.05, 3.63) is 59.7 Å². The highest BCUT2D eigenvalue weighted by molar-refractivity contribution is 5.80. The van der Waals surface area contributed by atoms with Crippen molar-refractivity contribution >= 4 is 29.7 Å². The summed E-state index contributed by atoms with van der Waals surface area (Å²) in [7, 11) is 0. The molecule has 0 bridgehead atoms. The second kappa shape index (κ2) is 9.19. The maximum atomic E-state index is 9.56. The van der Waals surface area contributed by atoms with E-state index in [4.69, 9.17) is 4.74 Å². The van der Waals surface area contributed by atoms with Crippen LogP contribution < -0.4 is 15.6 Å². The van der Waals surface area contributed by atoms with E-state index in [1.54, 1.807) is 24.4 Å². The van der Waals surface area contributed by atoms with Crippen LogP contribution in [0.4, 0.5) is 23.5 Å². The number of ether oxygens (including phenoxy) is 1. The molecule has 1 aromatic heterocycles. The van der Waals surface area contributed by atoms with Gasteiger partial charge in [-0.1, -0.05) is 29.8 Å². The van der Waals surface area contributed by atoms with Crippen LogP contribution in [0.3, 0.4) is 0 Å². The van der Waals surface area contributed by atoms with Gasteiger partial charge in [-0.2, -0.15) is 20.1 Å². The van der Waals surface area contributed by atoms with E-state index in [9.17, 15) is 5.11 Å². The molecule has 0 aliphatic carbocycles. The summed E-state index contributed by atoms with van der Waals surface area (Å²) in [6, 6.07) is 14.8. The third-order valence-electron chi connectivity index (χ3n) is 4.47. The number of nitrogens with zero attached hydrogens (tertiary/aromatic N) is 5. The zero-order valence-corrected chi connectivity index (χ0v) is 16.6. The summed E-state index contributed by atoms with van der Waals surface area (Å²) in [4.78, 5) is 15.5. The lowest BCUT2D eigenvalue weighted by Crippen LogP contribution is -2.37. The Morgan fingerprint density at radius 2 is 1.80 bits per heavy atom. The van der Waals surface area contributed by atoms with Gasteiger partial charge in [-0.25, -0.2) is 5.43 Å². The van der Waals surface area contributed by atoms with Crippen molar-refractivity contribution in [2.24, 2.45) is 5.10 Å². The van der Waals surface area contributed by atoms with Crippen LogP contribution in [0.25, 0.3) is 0 Å². The van der Waals surface area contributed by atoms with Gasteiger partial charge in [0, 0.05) is 18.8 Å². The lowest BCUT2D eigenvalue weighted by molar-refractivity contribution is 0.122. The molecule has 30 heavy (non-hydrogen) atoms. The van der Waals surface area contributed by atoms with Gasteiger partial charge >= 0.3 is 0 Å². The Morgan fingerprint density at radius 3 is 2.57 bits per heavy atom. The summed E-state index contributed by atoms with van der Waals surface area (Å²) in [5.74, 6) is 1.47. The number of hydrazone groups is 1. The van der Waals surface area contributed by atoms with Crippen LogP contribution in [0.2, 0.25) is 0 Å². The highest BCUT2D eigenvalue weighted by Crippen LogP contribution is 2.19. The van der Waals surface area contributed by atoms with E-state index in [1.165, 1.54) is 5.56 Å². The van der Waals surface area contributed by atoms with Crippen LogP contribution in [0.5, 0.6) is 5.75 Å². The number of phenolic OH excluding ortho intramolecular Hbond substituents is 1. The van der Waals surface area contributed by atoms with Crippen LogP contribution >= 0.6 is 0 Å². The molecule has 0 radical (unpaired) electrons. The topological polar surface area (TPSA) is 108 Å². The van der Waals surface area contributed by atoms with E-state index in [0.717, 1.165) is 11.3 Å². The average molecular weight is 405 g/mol. The second-order valence-corrected chi connectivity index (χ2v) is 6.84. The van der Waals surface area contributed by atoms with E-state index in [1.807, 2.05) is 37.3 Å². The first-order valence-electron chi connectivity index (χ1n) is 9.66. The molecule has 1 saturated heterocycles. The van der Waals surface area contributed by atoms with Crippen LogP contribution in [-0.2, 0) is 4.74 Å². The van der Waals surface area contributed by atoms with E-state index >= 15 is 0 Å². The lowest BCUT2D eigenvalue weighted by Gasteiger charge is -2.27. The van der Waals surface area contributed by atoms with Gasteiger partial charge in [-0.15, -0.1) is 0 Å². The van der Waals surface area contributed by atoms with Gasteiger partial charge in [0.2, 0.25) is 17.8 Å². The van der Waals surface area contributed by atoms with Gasteiger partial charge in [-0.05, 0) is 36.8 Å². The number of phenols is 1. The van der Waals surface area contributed by atoms with Crippen molar-refractivity contribution < 1.29 is 9.84 Å². The van der Waals surface area contributed by atoms with Crippen molar-refractivity contribution in [3.63, 3.8) is 0 Å². The average Bonchev–Trinajstić information content (AvgIpc) is 2.76. The first kappa shape index (κ1) is 19.6. The fourth-order valence-electron chi connectivity index (χ4n) is 2.91. The summed E-state index contributed by atoms with van der Waals surface area (Å²) in [5.41, 5.74) is 5.67. The third kappa shape index (κ3) is 5.21. The number of hydrogen-bond acceptors (Lipinski definition) is 9. The van der Waals surface area contributed by atoms with Crippen LogP contribution in [-0.4, -0.2) is 52.6 Å². The Kier molecular flexibility index (Phi) is 6.00. The molecule has 3 aromatic rings. The molecule has 0 amide bonds. The monoisotopic (exact) mass is 405 g/mol. The van der Waals surface area contributed by atoms with Crippen molar-refractivity contribution in [3.8, 4) is 5.75 Å². The molecule has 1 fully saturated rings. The van der Waals surface area contributed by atoms with Gasteiger partial charge in [-0.3, -0.25) is 0 Å². The predicted molar refractivity (Wildman–Crippen MR) is 117 cm³/mol. The first-order chi connectivity index (χ1) is 14.7. The summed E-state index contributed by atoms with van der Waals surface area (Å²) >= 11 is 0. The molecule has 0 saturated carbocycles. The molecular formula is C21H23N7O2. The molecule has 9 heteroatoms. The molecule has 3 N–H and O–H groups in total. The van der Waals surface area contributed by atoms with Gasteiger partial charge in [0.05, 0.1) is 19.4 Å². The number of morpholine rings is 1. The number of aromatic hydroxyl groups is 1. The molecule has 1 aliphatic heterocycles. The maximum absolute atomic E-state index is 9.56. The Morgan fingerprint density at radius 1 is 1.03 bits per heavy atom. The second-order valence-electron chi connectivity index (χ2n) is 6.84. The van der Waals surface area contributed by atoms with Gasteiger partial charge in [0.15, 0.2) is 0 Å². The summed E-state index contributed by atoms with van der Waals surface area (Å²) < 4.78 is 5.42. The minimum Gasteiger partial charge on any atom is -0.508 e. The number of nitrogens with one attached hydrogen (secondary N) is 2. The number of anilines is 4. The summed E-state index contributed by atoms with van der Waals surface area (Å²) in [6.07, 6.45) is 1.59. The Labute approximate surface area is 174 Å². The predicted octanol–water partition coefficient (Wildman–Crippen LogP) is 2.91. The minimum atomic E-state index is 0.179.